The normalized spacial score (nSPS) is 10.7. The largest absolute Gasteiger partial charge is 0.476 e. The zero-order chi connectivity index (χ0) is 10.3. The summed E-state index contributed by atoms with van der Waals surface area (Å²) in [6.07, 6.45) is 0. The molecule has 0 spiro atoms. The number of benzene rings is 1. The Kier molecular flexibility index (Phi) is 2.29. The highest BCUT2D eigenvalue weighted by atomic mass is 79.9. The molecule has 4 nitrogen and oxygen atoms in total. The van der Waals surface area contributed by atoms with Gasteiger partial charge in [-0.2, -0.15) is 5.10 Å². The molecule has 1 unspecified atom stereocenters. The minimum Gasteiger partial charge on any atom is -0.476 e. The van der Waals surface area contributed by atoms with E-state index in [4.69, 9.17) is 5.11 Å². The van der Waals surface area contributed by atoms with Crippen LogP contribution in [-0.2, 0) is 0 Å². The molecule has 0 radical (unpaired) electrons. The summed E-state index contributed by atoms with van der Waals surface area (Å²) in [5.74, 6) is -1.02. The molecule has 2 rings (SSSR count). The second-order valence-corrected chi connectivity index (χ2v) is 4.16. The Hall–Kier alpha value is -0.930. The van der Waals surface area contributed by atoms with Crippen LogP contribution in [0.25, 0.3) is 10.9 Å². The monoisotopic (exact) mass is 272 g/mol. The lowest BCUT2D eigenvalue weighted by Crippen LogP contribution is -1.97. The average Bonchev–Trinajstić information content (AvgIpc) is 2.43. The Morgan fingerprint density at radius 3 is 2.93 bits per heavy atom. The van der Waals surface area contributed by atoms with Crippen molar-refractivity contribution in [1.29, 1.82) is 0 Å². The highest BCUT2D eigenvalue weighted by Gasteiger charge is 2.14. The first kappa shape index (κ1) is 9.62. The van der Waals surface area contributed by atoms with E-state index in [2.05, 4.69) is 30.4 Å². The van der Waals surface area contributed by atoms with Crippen molar-refractivity contribution in [3.63, 3.8) is 0 Å². The van der Waals surface area contributed by atoms with E-state index in [-0.39, 0.29) is 5.69 Å². The maximum absolute atomic E-state index is 10.8. The number of fused-ring (bicyclic) bond motifs is 1. The molecule has 0 bridgehead atoms. The fraction of sp³-hybridized carbons (Fsp3) is 0. The van der Waals surface area contributed by atoms with Crippen molar-refractivity contribution in [1.82, 2.24) is 9.55 Å². The Labute approximate surface area is 90.3 Å². The molecule has 0 saturated heterocycles. The fourth-order valence-corrected chi connectivity index (χ4v) is 1.97. The number of carboxylic acids is 1. The van der Waals surface area contributed by atoms with Gasteiger partial charge in [-0.15, -0.1) is 0 Å². The van der Waals surface area contributed by atoms with Gasteiger partial charge in [-0.25, -0.2) is 9.25 Å². The van der Waals surface area contributed by atoms with Crippen LogP contribution >= 0.6 is 25.3 Å². The van der Waals surface area contributed by atoms with Gasteiger partial charge in [0.05, 0.1) is 5.52 Å². The predicted octanol–water partition coefficient (Wildman–Crippen LogP) is 2.14. The Balaban J connectivity index is 2.85. The van der Waals surface area contributed by atoms with E-state index in [0.29, 0.717) is 5.39 Å². The van der Waals surface area contributed by atoms with Crippen LogP contribution in [0.4, 0.5) is 0 Å². The molecule has 0 aliphatic carbocycles. The van der Waals surface area contributed by atoms with Gasteiger partial charge in [-0.1, -0.05) is 15.9 Å². The summed E-state index contributed by atoms with van der Waals surface area (Å²) >= 11 is 3.29. The maximum atomic E-state index is 10.8. The van der Waals surface area contributed by atoms with Gasteiger partial charge in [0.1, 0.15) is 0 Å². The average molecular weight is 273 g/mol. The van der Waals surface area contributed by atoms with Crippen LogP contribution in [0.2, 0.25) is 0 Å². The van der Waals surface area contributed by atoms with Gasteiger partial charge < -0.3 is 5.11 Å². The molecule has 6 heteroatoms. The lowest BCUT2D eigenvalue weighted by atomic mass is 10.2. The number of aromatic carboxylic acids is 1. The maximum Gasteiger partial charge on any atom is 0.357 e. The molecule has 0 amide bonds. The van der Waals surface area contributed by atoms with Gasteiger partial charge in [0.25, 0.3) is 0 Å². The summed E-state index contributed by atoms with van der Waals surface area (Å²) in [5.41, 5.74) is 0.840. The lowest BCUT2D eigenvalue weighted by molar-refractivity contribution is 0.0692. The zero-order valence-electron chi connectivity index (χ0n) is 6.94. The number of nitrogens with zero attached hydrogens (tertiary/aromatic N) is 2. The summed E-state index contributed by atoms with van der Waals surface area (Å²) in [6.45, 7) is 0. The first-order chi connectivity index (χ1) is 6.59. The van der Waals surface area contributed by atoms with Crippen LogP contribution in [0.3, 0.4) is 0 Å². The number of hydrogen-bond donors (Lipinski definition) is 1. The van der Waals surface area contributed by atoms with Gasteiger partial charge in [0.15, 0.2) is 5.69 Å². The van der Waals surface area contributed by atoms with Crippen LogP contribution in [0.1, 0.15) is 10.5 Å². The third-order valence-corrected chi connectivity index (χ3v) is 2.76. The summed E-state index contributed by atoms with van der Waals surface area (Å²) in [4.78, 5) is 10.8. The number of carboxylic acid groups (broad SMARTS) is 1. The quantitative estimate of drug-likeness (QED) is 0.810. The molecule has 0 saturated carbocycles. The Bertz CT molecular complexity index is 523. The van der Waals surface area contributed by atoms with Crippen molar-refractivity contribution < 1.29 is 9.90 Å². The molecule has 1 N–H and O–H groups in total. The second kappa shape index (κ2) is 3.33. The fourth-order valence-electron chi connectivity index (χ4n) is 1.27. The van der Waals surface area contributed by atoms with Crippen molar-refractivity contribution >= 4 is 42.2 Å². The van der Waals surface area contributed by atoms with Gasteiger partial charge in [0, 0.05) is 9.86 Å². The molecule has 72 valence electrons. The van der Waals surface area contributed by atoms with Gasteiger partial charge in [-0.05, 0) is 27.6 Å². The summed E-state index contributed by atoms with van der Waals surface area (Å²) in [7, 11) is 2.35. The second-order valence-electron chi connectivity index (χ2n) is 2.76. The number of rotatable bonds is 1. The van der Waals surface area contributed by atoms with Crippen molar-refractivity contribution in [3.05, 3.63) is 28.4 Å². The number of halogens is 1. The van der Waals surface area contributed by atoms with E-state index in [1.807, 2.05) is 12.1 Å². The van der Waals surface area contributed by atoms with E-state index in [0.717, 1.165) is 9.99 Å². The number of hydrogen-bond acceptors (Lipinski definition) is 2. The first-order valence-corrected chi connectivity index (χ1v) is 5.07. The van der Waals surface area contributed by atoms with Gasteiger partial charge in [0.2, 0.25) is 0 Å². The van der Waals surface area contributed by atoms with Gasteiger partial charge >= 0.3 is 5.97 Å². The predicted molar refractivity (Wildman–Crippen MR) is 59.5 cm³/mol. The summed E-state index contributed by atoms with van der Waals surface area (Å²) in [5, 5.41) is 13.4. The van der Waals surface area contributed by atoms with E-state index in [1.165, 1.54) is 4.45 Å². The van der Waals surface area contributed by atoms with Crippen molar-refractivity contribution in [2.75, 3.05) is 0 Å². The SMILES string of the molecule is O=C(O)c1nn(P)c2ccc(Br)cc12. The molecule has 0 fully saturated rings. The third kappa shape index (κ3) is 1.42. The standard InChI is InChI=1S/C8H6BrN2O2P/c9-4-1-2-6-5(3-4)7(8(12)13)10-11(6)14/h1-3H,14H2,(H,12,13). The molecular formula is C8H6BrN2O2P. The molecule has 1 aromatic heterocycles. The van der Waals surface area contributed by atoms with Crippen molar-refractivity contribution in [2.24, 2.45) is 0 Å². The summed E-state index contributed by atoms with van der Waals surface area (Å²) < 4.78 is 2.32. The lowest BCUT2D eigenvalue weighted by Gasteiger charge is -1.93. The molecule has 0 aliphatic heterocycles. The minimum absolute atomic E-state index is 0.0660. The molecular weight excluding hydrogens is 267 g/mol. The zero-order valence-corrected chi connectivity index (χ0v) is 9.68. The van der Waals surface area contributed by atoms with E-state index < -0.39 is 5.97 Å². The van der Waals surface area contributed by atoms with Crippen molar-refractivity contribution in [2.45, 2.75) is 0 Å². The van der Waals surface area contributed by atoms with Crippen LogP contribution < -0.4 is 0 Å². The number of aromatic nitrogens is 2. The highest BCUT2D eigenvalue weighted by molar-refractivity contribution is 9.10. The summed E-state index contributed by atoms with van der Waals surface area (Å²) in [6, 6.07) is 5.40. The highest BCUT2D eigenvalue weighted by Crippen LogP contribution is 2.24. The smallest absolute Gasteiger partial charge is 0.357 e. The van der Waals surface area contributed by atoms with Crippen LogP contribution in [0, 0.1) is 0 Å². The molecule has 1 heterocycles. The Morgan fingerprint density at radius 2 is 2.29 bits per heavy atom. The first-order valence-electron chi connectivity index (χ1n) is 3.76. The van der Waals surface area contributed by atoms with Gasteiger partial charge in [-0.3, -0.25) is 0 Å². The van der Waals surface area contributed by atoms with Crippen molar-refractivity contribution in [3.8, 4) is 0 Å². The van der Waals surface area contributed by atoms with E-state index in [9.17, 15) is 4.79 Å². The Morgan fingerprint density at radius 1 is 1.57 bits per heavy atom. The van der Waals surface area contributed by atoms with E-state index in [1.54, 1.807) is 6.07 Å². The molecule has 1 atom stereocenters. The molecule has 0 aliphatic rings. The molecule has 1 aromatic carbocycles. The molecule has 2 aromatic rings. The van der Waals surface area contributed by atoms with Crippen LogP contribution in [0.5, 0.6) is 0 Å². The van der Waals surface area contributed by atoms with Crippen LogP contribution in [0.15, 0.2) is 22.7 Å². The minimum atomic E-state index is -1.02. The van der Waals surface area contributed by atoms with Crippen LogP contribution in [-0.4, -0.2) is 20.6 Å². The molecule has 14 heavy (non-hydrogen) atoms. The third-order valence-electron chi connectivity index (χ3n) is 1.87. The van der Waals surface area contributed by atoms with E-state index >= 15 is 0 Å². The topological polar surface area (TPSA) is 55.1 Å². The number of carbonyl (C=O) groups is 1.